The summed E-state index contributed by atoms with van der Waals surface area (Å²) in [6.45, 7) is 2.81. The van der Waals surface area contributed by atoms with Crippen molar-refractivity contribution in [2.45, 2.75) is 26.9 Å². The second kappa shape index (κ2) is 2.95. The van der Waals surface area contributed by atoms with E-state index in [-0.39, 0.29) is 0 Å². The van der Waals surface area contributed by atoms with E-state index in [9.17, 15) is 18.0 Å². The van der Waals surface area contributed by atoms with Crippen LogP contribution in [-0.4, -0.2) is 17.3 Å². The lowest BCUT2D eigenvalue weighted by atomic mass is 9.79. The first-order chi connectivity index (χ1) is 5.10. The number of halogens is 3. The Morgan fingerprint density at radius 2 is 1.67 bits per heavy atom. The predicted molar refractivity (Wildman–Crippen MR) is 36.6 cm³/mol. The number of carbonyl (C=O) groups is 1. The van der Waals surface area contributed by atoms with Crippen molar-refractivity contribution in [1.29, 1.82) is 0 Å². The maximum Gasteiger partial charge on any atom is 0.394 e. The average molecular weight is 184 g/mol. The Kier molecular flexibility index (Phi) is 2.77. The number of aliphatic carboxylic acids is 1. The average Bonchev–Trinajstić information content (AvgIpc) is 1.83. The maximum absolute atomic E-state index is 12.2. The zero-order valence-corrected chi connectivity index (χ0v) is 7.07. The zero-order valence-electron chi connectivity index (χ0n) is 7.07. The molecule has 2 nitrogen and oxygen atoms in total. The molecular formula is C7H11F3O2. The molecule has 0 spiro atoms. The van der Waals surface area contributed by atoms with Gasteiger partial charge in [-0.15, -0.1) is 0 Å². The first-order valence-electron chi connectivity index (χ1n) is 3.40. The van der Waals surface area contributed by atoms with Gasteiger partial charge < -0.3 is 5.11 Å². The van der Waals surface area contributed by atoms with Gasteiger partial charge in [-0.25, -0.2) is 0 Å². The van der Waals surface area contributed by atoms with Gasteiger partial charge >= 0.3 is 12.1 Å². The van der Waals surface area contributed by atoms with E-state index in [0.29, 0.717) is 0 Å². The summed E-state index contributed by atoms with van der Waals surface area (Å²) in [5, 5.41) is 8.38. The molecular weight excluding hydrogens is 173 g/mol. The smallest absolute Gasteiger partial charge is 0.394 e. The molecule has 72 valence electrons. The topological polar surface area (TPSA) is 37.3 Å². The fraction of sp³-hybridized carbons (Fsp3) is 0.857. The van der Waals surface area contributed by atoms with Crippen molar-refractivity contribution in [2.75, 3.05) is 0 Å². The van der Waals surface area contributed by atoms with Gasteiger partial charge in [0.05, 0.1) is 11.3 Å². The lowest BCUT2D eigenvalue weighted by Crippen LogP contribution is -2.41. The Hall–Kier alpha value is -0.740. The van der Waals surface area contributed by atoms with E-state index < -0.39 is 23.5 Å². The first-order valence-corrected chi connectivity index (χ1v) is 3.40. The number of carboxylic acid groups (broad SMARTS) is 1. The fourth-order valence-corrected chi connectivity index (χ4v) is 0.554. The lowest BCUT2D eigenvalue weighted by molar-refractivity contribution is -0.230. The molecule has 0 amide bonds. The van der Waals surface area contributed by atoms with Crippen molar-refractivity contribution < 1.29 is 23.1 Å². The van der Waals surface area contributed by atoms with Crippen LogP contribution in [0.15, 0.2) is 0 Å². The molecule has 5 heteroatoms. The van der Waals surface area contributed by atoms with Crippen LogP contribution in [0.3, 0.4) is 0 Å². The molecule has 0 radical (unpaired) electrons. The van der Waals surface area contributed by atoms with Crippen LogP contribution in [-0.2, 0) is 4.79 Å². The number of hydrogen-bond donors (Lipinski definition) is 1. The minimum absolute atomic E-state index is 0.881. The zero-order chi connectivity index (χ0) is 10.2. The van der Waals surface area contributed by atoms with E-state index in [1.54, 1.807) is 0 Å². The standard InChI is InChI=1S/C7H11F3O2/c1-4(5(11)12)6(2,3)7(8,9)10/h4H,1-3H3,(H,11,12). The molecule has 0 saturated carbocycles. The highest BCUT2D eigenvalue weighted by Crippen LogP contribution is 2.43. The van der Waals surface area contributed by atoms with Gasteiger partial charge in [-0.3, -0.25) is 4.79 Å². The predicted octanol–water partition coefficient (Wildman–Crippen LogP) is 2.30. The molecule has 1 atom stereocenters. The molecule has 0 aliphatic heterocycles. The number of carboxylic acids is 1. The summed E-state index contributed by atoms with van der Waals surface area (Å²) in [7, 11) is 0. The Balaban J connectivity index is 4.73. The van der Waals surface area contributed by atoms with Gasteiger partial charge in [0.15, 0.2) is 0 Å². The molecule has 1 N–H and O–H groups in total. The summed E-state index contributed by atoms with van der Waals surface area (Å²) in [5.41, 5.74) is -2.18. The summed E-state index contributed by atoms with van der Waals surface area (Å²) in [4.78, 5) is 10.3. The minimum Gasteiger partial charge on any atom is -0.481 e. The van der Waals surface area contributed by atoms with E-state index in [0.717, 1.165) is 20.8 Å². The van der Waals surface area contributed by atoms with Crippen molar-refractivity contribution >= 4 is 5.97 Å². The summed E-state index contributed by atoms with van der Waals surface area (Å²) in [6, 6.07) is 0. The van der Waals surface area contributed by atoms with Crippen molar-refractivity contribution in [3.8, 4) is 0 Å². The molecule has 0 aromatic rings. The normalized spacial score (nSPS) is 15.8. The van der Waals surface area contributed by atoms with Gasteiger partial charge in [0.25, 0.3) is 0 Å². The SMILES string of the molecule is CC(C(=O)O)C(C)(C)C(F)(F)F. The molecule has 0 heterocycles. The van der Waals surface area contributed by atoms with E-state index in [1.807, 2.05) is 0 Å². The van der Waals surface area contributed by atoms with E-state index in [4.69, 9.17) is 5.11 Å². The van der Waals surface area contributed by atoms with Gasteiger partial charge in [0.2, 0.25) is 0 Å². The summed E-state index contributed by atoms with van der Waals surface area (Å²) in [6.07, 6.45) is -4.48. The number of rotatable bonds is 2. The highest BCUT2D eigenvalue weighted by atomic mass is 19.4. The van der Waals surface area contributed by atoms with Crippen LogP contribution in [0, 0.1) is 11.3 Å². The van der Waals surface area contributed by atoms with E-state index in [2.05, 4.69) is 0 Å². The van der Waals surface area contributed by atoms with E-state index >= 15 is 0 Å². The van der Waals surface area contributed by atoms with Crippen LogP contribution in [0.25, 0.3) is 0 Å². The molecule has 0 fully saturated rings. The third-order valence-corrected chi connectivity index (χ3v) is 2.18. The quantitative estimate of drug-likeness (QED) is 0.714. The molecule has 12 heavy (non-hydrogen) atoms. The van der Waals surface area contributed by atoms with Gasteiger partial charge in [-0.1, -0.05) is 20.8 Å². The Labute approximate surface area is 68.4 Å². The molecule has 0 aliphatic rings. The molecule has 0 saturated heterocycles. The third kappa shape index (κ3) is 1.89. The van der Waals surface area contributed by atoms with Crippen molar-refractivity contribution in [3.05, 3.63) is 0 Å². The van der Waals surface area contributed by atoms with E-state index in [1.165, 1.54) is 0 Å². The first kappa shape index (κ1) is 11.3. The van der Waals surface area contributed by atoms with Gasteiger partial charge in [-0.2, -0.15) is 13.2 Å². The van der Waals surface area contributed by atoms with Gasteiger partial charge in [-0.05, 0) is 0 Å². The molecule has 0 bridgehead atoms. The fourth-order valence-electron chi connectivity index (χ4n) is 0.554. The van der Waals surface area contributed by atoms with Crippen LogP contribution in [0.1, 0.15) is 20.8 Å². The minimum atomic E-state index is -4.48. The molecule has 0 aromatic heterocycles. The third-order valence-electron chi connectivity index (χ3n) is 2.18. The Bertz CT molecular complexity index is 184. The van der Waals surface area contributed by atoms with Crippen LogP contribution in [0.2, 0.25) is 0 Å². The summed E-state index contributed by atoms with van der Waals surface area (Å²) in [5.74, 6) is -2.87. The van der Waals surface area contributed by atoms with Crippen molar-refractivity contribution in [1.82, 2.24) is 0 Å². The van der Waals surface area contributed by atoms with Gasteiger partial charge in [0.1, 0.15) is 0 Å². The molecule has 0 aliphatic carbocycles. The highest BCUT2D eigenvalue weighted by molar-refractivity contribution is 5.70. The largest absolute Gasteiger partial charge is 0.481 e. The second-order valence-corrected chi connectivity index (χ2v) is 3.28. The number of alkyl halides is 3. The van der Waals surface area contributed by atoms with Crippen molar-refractivity contribution in [2.24, 2.45) is 11.3 Å². The van der Waals surface area contributed by atoms with Crippen molar-refractivity contribution in [3.63, 3.8) is 0 Å². The summed E-state index contributed by atoms with van der Waals surface area (Å²) >= 11 is 0. The maximum atomic E-state index is 12.2. The van der Waals surface area contributed by atoms with Crippen LogP contribution >= 0.6 is 0 Å². The Morgan fingerprint density at radius 3 is 1.75 bits per heavy atom. The lowest BCUT2D eigenvalue weighted by Gasteiger charge is -2.31. The molecule has 0 rings (SSSR count). The second-order valence-electron chi connectivity index (χ2n) is 3.28. The monoisotopic (exact) mass is 184 g/mol. The van der Waals surface area contributed by atoms with Crippen LogP contribution in [0.5, 0.6) is 0 Å². The number of hydrogen-bond acceptors (Lipinski definition) is 1. The van der Waals surface area contributed by atoms with Crippen LogP contribution < -0.4 is 0 Å². The van der Waals surface area contributed by atoms with Gasteiger partial charge in [0, 0.05) is 0 Å². The summed E-state index contributed by atoms with van der Waals surface area (Å²) < 4.78 is 36.5. The highest BCUT2D eigenvalue weighted by Gasteiger charge is 2.53. The molecule has 0 aromatic carbocycles. The van der Waals surface area contributed by atoms with Crippen LogP contribution in [0.4, 0.5) is 13.2 Å². The Morgan fingerprint density at radius 1 is 1.33 bits per heavy atom. The molecule has 1 unspecified atom stereocenters.